The van der Waals surface area contributed by atoms with Gasteiger partial charge in [-0.2, -0.15) is 0 Å². The number of hydrogen-bond acceptors (Lipinski definition) is 5. The highest BCUT2D eigenvalue weighted by Gasteiger charge is 2.13. The molecule has 0 amide bonds. The van der Waals surface area contributed by atoms with Crippen molar-refractivity contribution in [1.29, 1.82) is 0 Å². The van der Waals surface area contributed by atoms with E-state index in [0.29, 0.717) is 27.0 Å². The third-order valence-electron chi connectivity index (χ3n) is 1.66. The second-order valence-electron chi connectivity index (χ2n) is 2.72. The molecule has 2 aromatic rings. The minimum atomic E-state index is -0.420. The van der Waals surface area contributed by atoms with Gasteiger partial charge in [0, 0.05) is 6.20 Å². The molecule has 78 valence electrons. The molecule has 2 rings (SSSR count). The van der Waals surface area contributed by atoms with E-state index in [1.165, 1.54) is 17.5 Å². The Morgan fingerprint density at radius 3 is 3.20 bits per heavy atom. The summed E-state index contributed by atoms with van der Waals surface area (Å²) >= 11 is 6.95. The van der Waals surface area contributed by atoms with Crippen molar-refractivity contribution in [3.05, 3.63) is 22.3 Å². The van der Waals surface area contributed by atoms with Crippen LogP contribution in [0.2, 0.25) is 5.02 Å². The molecule has 2 aromatic heterocycles. The molecule has 0 fully saturated rings. The van der Waals surface area contributed by atoms with E-state index in [1.54, 1.807) is 13.0 Å². The number of carbonyl (C=O) groups is 1. The average molecular weight is 243 g/mol. The minimum Gasteiger partial charge on any atom is -0.461 e. The normalized spacial score (nSPS) is 10.5. The molecule has 0 aliphatic carbocycles. The Bertz CT molecular complexity index is 512. The lowest BCUT2D eigenvalue weighted by atomic mass is 10.4. The maximum absolute atomic E-state index is 11.4. The van der Waals surface area contributed by atoms with Crippen molar-refractivity contribution in [3.63, 3.8) is 0 Å². The van der Waals surface area contributed by atoms with Gasteiger partial charge in [0.25, 0.3) is 0 Å². The van der Waals surface area contributed by atoms with Crippen LogP contribution in [0.1, 0.15) is 16.7 Å². The summed E-state index contributed by atoms with van der Waals surface area (Å²) < 4.78 is 4.84. The zero-order valence-electron chi connectivity index (χ0n) is 7.86. The summed E-state index contributed by atoms with van der Waals surface area (Å²) in [5.74, 6) is -0.420. The van der Waals surface area contributed by atoms with Crippen LogP contribution < -0.4 is 0 Å². The van der Waals surface area contributed by atoms with Crippen molar-refractivity contribution < 1.29 is 9.53 Å². The molecule has 0 atom stereocenters. The van der Waals surface area contributed by atoms with E-state index in [2.05, 4.69) is 9.97 Å². The molecule has 4 nitrogen and oxygen atoms in total. The van der Waals surface area contributed by atoms with E-state index >= 15 is 0 Å². The second-order valence-corrected chi connectivity index (χ2v) is 4.13. The van der Waals surface area contributed by atoms with Gasteiger partial charge in [-0.25, -0.2) is 14.8 Å². The van der Waals surface area contributed by atoms with Gasteiger partial charge in [-0.1, -0.05) is 22.9 Å². The van der Waals surface area contributed by atoms with E-state index < -0.39 is 5.97 Å². The third kappa shape index (κ3) is 2.08. The molecule has 2 heterocycles. The summed E-state index contributed by atoms with van der Waals surface area (Å²) in [4.78, 5) is 20.2. The number of halogens is 1. The molecule has 0 spiro atoms. The number of rotatable bonds is 2. The van der Waals surface area contributed by atoms with E-state index in [0.717, 1.165) is 0 Å². The van der Waals surface area contributed by atoms with Gasteiger partial charge in [0.05, 0.1) is 11.6 Å². The predicted molar refractivity (Wildman–Crippen MR) is 58.4 cm³/mol. The number of hydrogen-bond donors (Lipinski definition) is 0. The lowest BCUT2D eigenvalue weighted by Gasteiger charge is -1.94. The van der Waals surface area contributed by atoms with E-state index in [9.17, 15) is 4.79 Å². The van der Waals surface area contributed by atoms with Crippen molar-refractivity contribution in [1.82, 2.24) is 9.97 Å². The molecule has 0 aromatic carbocycles. The summed E-state index contributed by atoms with van der Waals surface area (Å²) in [5.41, 5.74) is 0.621. The van der Waals surface area contributed by atoms with Crippen LogP contribution in [0.3, 0.4) is 0 Å². The summed E-state index contributed by atoms with van der Waals surface area (Å²) in [7, 11) is 0. The highest BCUT2D eigenvalue weighted by atomic mass is 35.5. The molecular formula is C9H7ClN2O2S. The number of nitrogens with zero attached hydrogens (tertiary/aromatic N) is 2. The summed E-state index contributed by atoms with van der Waals surface area (Å²) in [6.07, 6.45) is 1.52. The monoisotopic (exact) mass is 242 g/mol. The van der Waals surface area contributed by atoms with Gasteiger partial charge in [-0.15, -0.1) is 0 Å². The maximum atomic E-state index is 11.4. The van der Waals surface area contributed by atoms with Gasteiger partial charge in [0.2, 0.25) is 5.01 Å². The number of thiazole rings is 1. The first-order chi connectivity index (χ1) is 7.20. The Kier molecular flexibility index (Phi) is 2.83. The fourth-order valence-corrected chi connectivity index (χ4v) is 2.01. The smallest absolute Gasteiger partial charge is 0.367 e. The topological polar surface area (TPSA) is 52.1 Å². The predicted octanol–water partition coefficient (Wildman–Crippen LogP) is 2.52. The first-order valence-corrected chi connectivity index (χ1v) is 5.49. The number of esters is 1. The molecular weight excluding hydrogens is 236 g/mol. The van der Waals surface area contributed by atoms with Crippen LogP contribution in [0.5, 0.6) is 0 Å². The quantitative estimate of drug-likeness (QED) is 0.760. The van der Waals surface area contributed by atoms with Crippen LogP contribution in [0.15, 0.2) is 12.3 Å². The van der Waals surface area contributed by atoms with Gasteiger partial charge in [0.1, 0.15) is 10.3 Å². The van der Waals surface area contributed by atoms with Crippen LogP contribution in [0.25, 0.3) is 10.3 Å². The first kappa shape index (κ1) is 10.3. The summed E-state index contributed by atoms with van der Waals surface area (Å²) in [6.45, 7) is 2.09. The number of fused-ring (bicyclic) bond motifs is 1. The van der Waals surface area contributed by atoms with Crippen molar-refractivity contribution >= 4 is 39.3 Å². The minimum absolute atomic E-state index is 0.307. The van der Waals surface area contributed by atoms with Crippen molar-refractivity contribution in [2.45, 2.75) is 6.92 Å². The maximum Gasteiger partial charge on any atom is 0.367 e. The van der Waals surface area contributed by atoms with Gasteiger partial charge in [-0.3, -0.25) is 0 Å². The van der Waals surface area contributed by atoms with Gasteiger partial charge < -0.3 is 4.74 Å². The molecule has 15 heavy (non-hydrogen) atoms. The van der Waals surface area contributed by atoms with E-state index in [-0.39, 0.29) is 0 Å². The Balaban J connectivity index is 2.42. The third-order valence-corrected chi connectivity index (χ3v) is 2.83. The average Bonchev–Trinajstić information content (AvgIpc) is 2.60. The fraction of sp³-hybridized carbons (Fsp3) is 0.222. The SMILES string of the molecule is CCOC(=O)c1nc2cc(Cl)cnc2s1. The second kappa shape index (κ2) is 4.12. The molecule has 0 saturated carbocycles. The zero-order chi connectivity index (χ0) is 10.8. The van der Waals surface area contributed by atoms with Crippen LogP contribution in [-0.4, -0.2) is 22.5 Å². The van der Waals surface area contributed by atoms with E-state index in [1.807, 2.05) is 0 Å². The Hall–Kier alpha value is -1.20. The molecule has 0 radical (unpaired) electrons. The lowest BCUT2D eigenvalue weighted by molar-refractivity contribution is 0.0526. The number of carbonyl (C=O) groups excluding carboxylic acids is 1. The lowest BCUT2D eigenvalue weighted by Crippen LogP contribution is -2.03. The zero-order valence-corrected chi connectivity index (χ0v) is 9.43. The van der Waals surface area contributed by atoms with Crippen molar-refractivity contribution in [2.75, 3.05) is 6.61 Å². The Morgan fingerprint density at radius 2 is 2.47 bits per heavy atom. The van der Waals surface area contributed by atoms with Crippen LogP contribution in [-0.2, 0) is 4.74 Å². The molecule has 0 aliphatic rings. The van der Waals surface area contributed by atoms with Crippen LogP contribution >= 0.6 is 22.9 Å². The van der Waals surface area contributed by atoms with Crippen molar-refractivity contribution in [2.24, 2.45) is 0 Å². The van der Waals surface area contributed by atoms with Crippen LogP contribution in [0.4, 0.5) is 0 Å². The molecule has 0 N–H and O–H groups in total. The number of pyridine rings is 1. The molecule has 0 aliphatic heterocycles. The Morgan fingerprint density at radius 1 is 1.67 bits per heavy atom. The van der Waals surface area contributed by atoms with Gasteiger partial charge in [0.15, 0.2) is 0 Å². The summed E-state index contributed by atoms with van der Waals surface area (Å²) in [5, 5.41) is 0.810. The number of aromatic nitrogens is 2. The fourth-order valence-electron chi connectivity index (χ4n) is 1.08. The molecule has 0 bridgehead atoms. The number of ether oxygens (including phenoxy) is 1. The summed E-state index contributed by atoms with van der Waals surface area (Å²) in [6, 6.07) is 1.67. The standard InChI is InChI=1S/C9H7ClN2O2S/c1-2-14-9(13)8-12-6-3-5(10)4-11-7(6)15-8/h3-4H,2H2,1H3. The van der Waals surface area contributed by atoms with E-state index in [4.69, 9.17) is 16.3 Å². The molecule has 6 heteroatoms. The Labute approximate surface area is 94.9 Å². The first-order valence-electron chi connectivity index (χ1n) is 4.30. The van der Waals surface area contributed by atoms with Crippen LogP contribution in [0, 0.1) is 0 Å². The largest absolute Gasteiger partial charge is 0.461 e. The van der Waals surface area contributed by atoms with Gasteiger partial charge in [-0.05, 0) is 13.0 Å². The van der Waals surface area contributed by atoms with Gasteiger partial charge >= 0.3 is 5.97 Å². The molecule has 0 saturated heterocycles. The highest BCUT2D eigenvalue weighted by Crippen LogP contribution is 2.22. The molecule has 0 unspecified atom stereocenters. The van der Waals surface area contributed by atoms with Crippen molar-refractivity contribution in [3.8, 4) is 0 Å². The highest BCUT2D eigenvalue weighted by molar-refractivity contribution is 7.19.